The Hall–Kier alpha value is -2.31. The molecule has 7 nitrogen and oxygen atoms in total. The Morgan fingerprint density at radius 2 is 2.18 bits per heavy atom. The maximum absolute atomic E-state index is 11.6. The highest BCUT2D eigenvalue weighted by atomic mass is 16.6. The maximum atomic E-state index is 11.6. The fourth-order valence-corrected chi connectivity index (χ4v) is 1.59. The molecule has 7 heteroatoms. The van der Waals surface area contributed by atoms with Crippen molar-refractivity contribution in [2.45, 2.75) is 45.8 Å². The number of carbonyl (C=O) groups excluding carboxylic acids is 1. The molecule has 0 unspecified atom stereocenters. The van der Waals surface area contributed by atoms with Crippen LogP contribution in [0.15, 0.2) is 12.3 Å². The van der Waals surface area contributed by atoms with Gasteiger partial charge >= 0.3 is 6.09 Å². The number of alkyl carbamates (subject to hydrolysis) is 1. The number of nitrogens with two attached hydrogens (primary N) is 1. The summed E-state index contributed by atoms with van der Waals surface area (Å²) in [5.74, 6) is 0.543. The van der Waals surface area contributed by atoms with Crippen LogP contribution < -0.4 is 15.8 Å². The highest BCUT2D eigenvalue weighted by Gasteiger charge is 2.17. The molecule has 1 heterocycles. The van der Waals surface area contributed by atoms with Crippen LogP contribution in [0.2, 0.25) is 0 Å². The minimum atomic E-state index is -0.504. The van der Waals surface area contributed by atoms with Crippen LogP contribution in [0.1, 0.15) is 39.8 Å². The number of aromatic nitrogens is 2. The zero-order valence-electron chi connectivity index (χ0n) is 13.7. The lowest BCUT2D eigenvalue weighted by Gasteiger charge is -2.21. The summed E-state index contributed by atoms with van der Waals surface area (Å²) >= 11 is 0. The third-order valence-electron chi connectivity index (χ3n) is 2.52. The highest BCUT2D eigenvalue weighted by Crippen LogP contribution is 2.15. The molecule has 0 radical (unpaired) electrons. The molecule has 1 aromatic rings. The van der Waals surface area contributed by atoms with Gasteiger partial charge in [0.15, 0.2) is 5.82 Å². The third-order valence-corrected chi connectivity index (χ3v) is 2.52. The molecule has 22 heavy (non-hydrogen) atoms. The summed E-state index contributed by atoms with van der Waals surface area (Å²) in [7, 11) is 1.49. The van der Waals surface area contributed by atoms with Gasteiger partial charge in [0.2, 0.25) is 0 Å². The molecule has 1 aromatic heterocycles. The van der Waals surface area contributed by atoms with E-state index in [0.29, 0.717) is 18.0 Å². The van der Waals surface area contributed by atoms with Crippen LogP contribution in [0, 0.1) is 0 Å². The number of hydrogen-bond donors (Lipinski definition) is 2. The Morgan fingerprint density at radius 1 is 1.50 bits per heavy atom. The summed E-state index contributed by atoms with van der Waals surface area (Å²) in [6.45, 7) is 7.36. The second-order valence-electron chi connectivity index (χ2n) is 5.87. The average molecular weight is 308 g/mol. The Kier molecular flexibility index (Phi) is 6.15. The number of ether oxygens (including phenoxy) is 2. The summed E-state index contributed by atoms with van der Waals surface area (Å²) < 4.78 is 10.2. The summed E-state index contributed by atoms with van der Waals surface area (Å²) in [5.41, 5.74) is 5.73. The molecular weight excluding hydrogens is 284 g/mol. The number of methoxy groups -OCH3 is 1. The number of amides is 1. The molecule has 0 bridgehead atoms. The van der Waals surface area contributed by atoms with Crippen molar-refractivity contribution in [3.8, 4) is 5.88 Å². The van der Waals surface area contributed by atoms with Gasteiger partial charge in [-0.05, 0) is 40.2 Å². The van der Waals surface area contributed by atoms with E-state index in [1.165, 1.54) is 7.11 Å². The molecule has 0 aliphatic heterocycles. The van der Waals surface area contributed by atoms with Crippen molar-refractivity contribution in [1.29, 1.82) is 0 Å². The average Bonchev–Trinajstić information content (AvgIpc) is 2.38. The van der Waals surface area contributed by atoms with E-state index in [2.05, 4.69) is 15.3 Å². The largest absolute Gasteiger partial charge is 0.478 e. The lowest BCUT2D eigenvalue weighted by molar-refractivity contribution is 0.0509. The zero-order chi connectivity index (χ0) is 16.8. The molecule has 0 spiro atoms. The van der Waals surface area contributed by atoms with E-state index in [9.17, 15) is 4.79 Å². The highest BCUT2D eigenvalue weighted by molar-refractivity contribution is 5.68. The number of carbonyl (C=O) groups is 1. The van der Waals surface area contributed by atoms with Gasteiger partial charge in [0.05, 0.1) is 19.0 Å². The first kappa shape index (κ1) is 17.7. The zero-order valence-corrected chi connectivity index (χ0v) is 13.7. The molecule has 1 rings (SSSR count). The van der Waals surface area contributed by atoms with Crippen molar-refractivity contribution < 1.29 is 14.3 Å². The predicted molar refractivity (Wildman–Crippen MR) is 85.5 cm³/mol. The molecular formula is C15H24N4O3. The molecule has 0 aromatic carbocycles. The summed E-state index contributed by atoms with van der Waals surface area (Å²) in [6.07, 6.45) is 5.44. The monoisotopic (exact) mass is 308 g/mol. The maximum Gasteiger partial charge on any atom is 0.407 e. The first-order valence-electron chi connectivity index (χ1n) is 7.04. The Labute approximate surface area is 130 Å². The molecule has 0 aliphatic rings. The van der Waals surface area contributed by atoms with Crippen LogP contribution in [0.5, 0.6) is 5.88 Å². The van der Waals surface area contributed by atoms with Crippen LogP contribution in [-0.2, 0) is 4.74 Å². The minimum Gasteiger partial charge on any atom is -0.478 e. The lowest BCUT2D eigenvalue weighted by atomic mass is 10.2. The van der Waals surface area contributed by atoms with Gasteiger partial charge in [-0.15, -0.1) is 0 Å². The second-order valence-corrected chi connectivity index (χ2v) is 5.87. The summed E-state index contributed by atoms with van der Waals surface area (Å²) in [5, 5.41) is 2.76. The normalized spacial score (nSPS) is 13.0. The lowest BCUT2D eigenvalue weighted by Crippen LogP contribution is -2.37. The topological polar surface area (TPSA) is 99.4 Å². The predicted octanol–water partition coefficient (Wildman–Crippen LogP) is 2.38. The van der Waals surface area contributed by atoms with Crippen molar-refractivity contribution in [3.63, 3.8) is 0 Å². The molecule has 122 valence electrons. The first-order valence-corrected chi connectivity index (χ1v) is 7.04. The van der Waals surface area contributed by atoms with Gasteiger partial charge in [0, 0.05) is 6.04 Å². The number of nitrogens with zero attached hydrogens (tertiary/aromatic N) is 2. The van der Waals surface area contributed by atoms with Crippen LogP contribution in [0.3, 0.4) is 0 Å². The summed E-state index contributed by atoms with van der Waals surface area (Å²) in [6, 6.07) is -0.0604. The van der Waals surface area contributed by atoms with Gasteiger partial charge < -0.3 is 20.5 Å². The number of nitrogens with one attached hydrogen (secondary N) is 1. The number of rotatable bonds is 5. The van der Waals surface area contributed by atoms with Gasteiger partial charge in [-0.25, -0.2) is 14.8 Å². The minimum absolute atomic E-state index is 0.0604. The number of nitrogen functional groups attached to an aromatic ring is 1. The van der Waals surface area contributed by atoms with E-state index in [-0.39, 0.29) is 11.9 Å². The van der Waals surface area contributed by atoms with Crippen molar-refractivity contribution in [3.05, 3.63) is 18.0 Å². The molecule has 0 saturated carbocycles. The van der Waals surface area contributed by atoms with Crippen molar-refractivity contribution in [1.82, 2.24) is 15.3 Å². The van der Waals surface area contributed by atoms with Gasteiger partial charge in [0.1, 0.15) is 5.60 Å². The number of anilines is 1. The van der Waals surface area contributed by atoms with Gasteiger partial charge in [-0.1, -0.05) is 6.08 Å². The van der Waals surface area contributed by atoms with E-state index >= 15 is 0 Å². The Morgan fingerprint density at radius 3 is 2.77 bits per heavy atom. The third kappa shape index (κ3) is 6.43. The van der Waals surface area contributed by atoms with Gasteiger partial charge in [-0.2, -0.15) is 0 Å². The van der Waals surface area contributed by atoms with E-state index < -0.39 is 11.7 Å². The standard InChI is InChI=1S/C15H24N4O3/c1-10(18-14(20)22-15(2,3)4)7-6-8-11-9-17-12(16)13(19-11)21-5/h6,8-10H,7H2,1-5H3,(H2,16,17)(H,18,20)/b8-6+/t10-/m0/s1. The smallest absolute Gasteiger partial charge is 0.407 e. The van der Waals surface area contributed by atoms with Crippen molar-refractivity contribution in [2.24, 2.45) is 0 Å². The SMILES string of the molecule is COc1nc(/C=C/C[C@H](C)NC(=O)OC(C)(C)C)cnc1N. The molecule has 1 atom stereocenters. The molecule has 3 N–H and O–H groups in total. The van der Waals surface area contributed by atoms with E-state index in [4.69, 9.17) is 15.2 Å². The first-order chi connectivity index (χ1) is 10.2. The summed E-state index contributed by atoms with van der Waals surface area (Å²) in [4.78, 5) is 19.8. The Balaban J connectivity index is 2.50. The van der Waals surface area contributed by atoms with Crippen molar-refractivity contribution >= 4 is 18.0 Å². The van der Waals surface area contributed by atoms with E-state index in [0.717, 1.165) is 0 Å². The van der Waals surface area contributed by atoms with E-state index in [1.54, 1.807) is 12.3 Å². The van der Waals surface area contributed by atoms with Crippen LogP contribution in [0.25, 0.3) is 6.08 Å². The second kappa shape index (κ2) is 7.63. The Bertz CT molecular complexity index is 538. The fourth-order valence-electron chi connectivity index (χ4n) is 1.59. The van der Waals surface area contributed by atoms with Gasteiger partial charge in [0.25, 0.3) is 5.88 Å². The molecule has 0 aliphatic carbocycles. The molecule has 1 amide bonds. The molecule has 0 fully saturated rings. The van der Waals surface area contributed by atoms with Crippen molar-refractivity contribution in [2.75, 3.05) is 12.8 Å². The molecule has 0 saturated heterocycles. The van der Waals surface area contributed by atoms with Crippen LogP contribution in [-0.4, -0.2) is 34.8 Å². The fraction of sp³-hybridized carbons (Fsp3) is 0.533. The van der Waals surface area contributed by atoms with Crippen LogP contribution in [0.4, 0.5) is 10.6 Å². The quantitative estimate of drug-likeness (QED) is 0.866. The van der Waals surface area contributed by atoms with Gasteiger partial charge in [-0.3, -0.25) is 0 Å². The number of hydrogen-bond acceptors (Lipinski definition) is 6. The van der Waals surface area contributed by atoms with E-state index in [1.807, 2.05) is 33.8 Å². The van der Waals surface area contributed by atoms with Crippen LogP contribution >= 0.6 is 0 Å².